The molecule has 5 nitrogen and oxygen atoms in total. The summed E-state index contributed by atoms with van der Waals surface area (Å²) in [6.07, 6.45) is 3.93. The van der Waals surface area contributed by atoms with Crippen LogP contribution in [0.1, 0.15) is 60.3 Å². The minimum absolute atomic E-state index is 0.0410. The maximum atomic E-state index is 12.3. The van der Waals surface area contributed by atoms with Crippen LogP contribution in [0.3, 0.4) is 0 Å². The standard InChI is InChI=1S/C21H35NO4S/c1-7-14(4)10-20(24)22-17(13(2)3)11-18(23)19-9-8-15(5)16(12-27-19)21(25)26-6/h9,12-15,17-18,23H,7-8,10-11H2,1-6H3,(H,22,24). The molecule has 6 heteroatoms. The zero-order valence-corrected chi connectivity index (χ0v) is 18.3. The van der Waals surface area contributed by atoms with Crippen LogP contribution < -0.4 is 5.32 Å². The van der Waals surface area contributed by atoms with Crippen LogP contribution in [0.4, 0.5) is 0 Å². The van der Waals surface area contributed by atoms with Gasteiger partial charge in [0, 0.05) is 22.9 Å². The number of nitrogens with one attached hydrogen (secondary N) is 1. The van der Waals surface area contributed by atoms with Crippen molar-refractivity contribution in [2.75, 3.05) is 7.11 Å². The summed E-state index contributed by atoms with van der Waals surface area (Å²) in [4.78, 5) is 25.0. The Morgan fingerprint density at radius 1 is 1.37 bits per heavy atom. The molecule has 1 amide bonds. The Labute approximate surface area is 168 Å². The summed E-state index contributed by atoms with van der Waals surface area (Å²) in [5.74, 6) is 0.338. The second-order valence-electron chi connectivity index (χ2n) is 7.81. The molecule has 0 saturated heterocycles. The Kier molecular flexibility index (Phi) is 10.2. The number of rotatable bonds is 9. The highest BCUT2D eigenvalue weighted by molar-refractivity contribution is 8.05. The monoisotopic (exact) mass is 397 g/mol. The lowest BCUT2D eigenvalue weighted by atomic mass is 9.95. The number of hydrogen-bond donors (Lipinski definition) is 2. The van der Waals surface area contributed by atoms with Crippen LogP contribution in [0.5, 0.6) is 0 Å². The Morgan fingerprint density at radius 2 is 2.04 bits per heavy atom. The van der Waals surface area contributed by atoms with E-state index >= 15 is 0 Å². The summed E-state index contributed by atoms with van der Waals surface area (Å²) in [7, 11) is 1.38. The van der Waals surface area contributed by atoms with Gasteiger partial charge in [0.05, 0.1) is 13.2 Å². The Balaban J connectivity index is 2.75. The van der Waals surface area contributed by atoms with Gasteiger partial charge in [-0.2, -0.15) is 0 Å². The largest absolute Gasteiger partial charge is 0.466 e. The van der Waals surface area contributed by atoms with Gasteiger partial charge in [0.15, 0.2) is 0 Å². The van der Waals surface area contributed by atoms with Crippen molar-refractivity contribution >= 4 is 23.6 Å². The van der Waals surface area contributed by atoms with Gasteiger partial charge in [-0.05, 0) is 36.0 Å². The minimum atomic E-state index is -0.674. The molecule has 0 fully saturated rings. The highest BCUT2D eigenvalue weighted by Gasteiger charge is 2.25. The zero-order chi connectivity index (χ0) is 20.6. The fourth-order valence-corrected chi connectivity index (χ4v) is 3.92. The van der Waals surface area contributed by atoms with Gasteiger partial charge >= 0.3 is 5.97 Å². The fraction of sp³-hybridized carbons (Fsp3) is 0.714. The smallest absolute Gasteiger partial charge is 0.334 e. The molecular weight excluding hydrogens is 362 g/mol. The fourth-order valence-electron chi connectivity index (χ4n) is 2.88. The van der Waals surface area contributed by atoms with E-state index in [9.17, 15) is 14.7 Å². The molecule has 154 valence electrons. The molecule has 1 aliphatic heterocycles. The van der Waals surface area contributed by atoms with E-state index in [2.05, 4.69) is 19.2 Å². The first-order valence-electron chi connectivity index (χ1n) is 9.81. The number of aliphatic hydroxyl groups is 1. The number of thioether (sulfide) groups is 1. The molecule has 1 rings (SSSR count). The number of ether oxygens (including phenoxy) is 1. The number of allylic oxidation sites excluding steroid dienone is 1. The van der Waals surface area contributed by atoms with Gasteiger partial charge < -0.3 is 15.2 Å². The summed E-state index contributed by atoms with van der Waals surface area (Å²) < 4.78 is 4.84. The van der Waals surface area contributed by atoms with Crippen molar-refractivity contribution in [3.63, 3.8) is 0 Å². The van der Waals surface area contributed by atoms with Gasteiger partial charge in [0.1, 0.15) is 0 Å². The average Bonchev–Trinajstić information content (AvgIpc) is 2.81. The molecule has 0 aliphatic carbocycles. The quantitative estimate of drug-likeness (QED) is 0.575. The van der Waals surface area contributed by atoms with E-state index in [1.54, 1.807) is 5.41 Å². The first kappa shape index (κ1) is 23.8. The number of carbonyl (C=O) groups is 2. The van der Waals surface area contributed by atoms with Gasteiger partial charge in [0.25, 0.3) is 0 Å². The van der Waals surface area contributed by atoms with Gasteiger partial charge in [-0.15, -0.1) is 0 Å². The summed E-state index contributed by atoms with van der Waals surface area (Å²) in [5.41, 5.74) is 0.628. The molecule has 1 heterocycles. The summed E-state index contributed by atoms with van der Waals surface area (Å²) in [5, 5.41) is 15.6. The van der Waals surface area contributed by atoms with Crippen LogP contribution in [0, 0.1) is 17.8 Å². The highest BCUT2D eigenvalue weighted by Crippen LogP contribution is 2.33. The molecule has 0 bridgehead atoms. The maximum Gasteiger partial charge on any atom is 0.334 e. The predicted molar refractivity (Wildman–Crippen MR) is 111 cm³/mol. The molecule has 0 saturated carbocycles. The van der Waals surface area contributed by atoms with E-state index in [1.165, 1.54) is 18.9 Å². The Morgan fingerprint density at radius 3 is 2.59 bits per heavy atom. The number of amides is 1. The lowest BCUT2D eigenvalue weighted by Crippen LogP contribution is -2.41. The minimum Gasteiger partial charge on any atom is -0.466 e. The van der Waals surface area contributed by atoms with Crippen LogP contribution in [0.15, 0.2) is 22.0 Å². The van der Waals surface area contributed by atoms with Crippen molar-refractivity contribution in [3.8, 4) is 0 Å². The molecular formula is C21H35NO4S. The van der Waals surface area contributed by atoms with Gasteiger partial charge in [-0.25, -0.2) is 4.79 Å². The molecule has 0 aromatic carbocycles. The average molecular weight is 398 g/mol. The molecule has 2 N–H and O–H groups in total. The second-order valence-corrected chi connectivity index (χ2v) is 8.76. The van der Waals surface area contributed by atoms with Gasteiger partial charge in [0.2, 0.25) is 5.91 Å². The van der Waals surface area contributed by atoms with Crippen molar-refractivity contribution in [2.45, 2.75) is 72.4 Å². The van der Waals surface area contributed by atoms with Crippen molar-refractivity contribution in [1.29, 1.82) is 0 Å². The van der Waals surface area contributed by atoms with Crippen LogP contribution in [0.2, 0.25) is 0 Å². The number of methoxy groups -OCH3 is 1. The van der Waals surface area contributed by atoms with Crippen LogP contribution in [-0.2, 0) is 14.3 Å². The maximum absolute atomic E-state index is 12.3. The van der Waals surface area contributed by atoms with Crippen molar-refractivity contribution in [1.82, 2.24) is 5.32 Å². The van der Waals surface area contributed by atoms with Crippen LogP contribution in [0.25, 0.3) is 0 Å². The lowest BCUT2D eigenvalue weighted by molar-refractivity contribution is -0.136. The third-order valence-electron chi connectivity index (χ3n) is 5.13. The summed E-state index contributed by atoms with van der Waals surface area (Å²) >= 11 is 1.37. The Hall–Kier alpha value is -1.27. The lowest BCUT2D eigenvalue weighted by Gasteiger charge is -2.26. The summed E-state index contributed by atoms with van der Waals surface area (Å²) in [6, 6.07) is -0.0946. The number of carbonyl (C=O) groups excluding carboxylic acids is 2. The molecule has 0 aromatic heterocycles. The molecule has 27 heavy (non-hydrogen) atoms. The van der Waals surface area contributed by atoms with Crippen LogP contribution >= 0.6 is 11.8 Å². The number of esters is 1. The van der Waals surface area contributed by atoms with E-state index in [-0.39, 0.29) is 29.8 Å². The summed E-state index contributed by atoms with van der Waals surface area (Å²) in [6.45, 7) is 10.2. The number of aliphatic hydroxyl groups excluding tert-OH is 1. The van der Waals surface area contributed by atoms with Gasteiger partial charge in [-0.1, -0.05) is 58.9 Å². The van der Waals surface area contributed by atoms with E-state index in [1.807, 2.05) is 26.8 Å². The molecule has 4 unspecified atom stereocenters. The van der Waals surface area contributed by atoms with E-state index in [4.69, 9.17) is 4.74 Å². The third kappa shape index (κ3) is 7.70. The van der Waals surface area contributed by atoms with Crippen LogP contribution in [-0.4, -0.2) is 36.2 Å². The van der Waals surface area contributed by atoms with E-state index in [0.29, 0.717) is 30.8 Å². The first-order valence-corrected chi connectivity index (χ1v) is 10.7. The van der Waals surface area contributed by atoms with E-state index in [0.717, 1.165) is 11.3 Å². The molecule has 0 radical (unpaired) electrons. The third-order valence-corrected chi connectivity index (χ3v) is 6.22. The number of hydrogen-bond acceptors (Lipinski definition) is 5. The second kappa shape index (κ2) is 11.5. The Bertz CT molecular complexity index is 571. The molecule has 0 aromatic rings. The van der Waals surface area contributed by atoms with E-state index < -0.39 is 6.10 Å². The van der Waals surface area contributed by atoms with Gasteiger partial charge in [-0.3, -0.25) is 4.79 Å². The molecule has 4 atom stereocenters. The highest BCUT2D eigenvalue weighted by atomic mass is 32.2. The molecule has 0 spiro atoms. The van der Waals surface area contributed by atoms with Crippen molar-refractivity contribution in [2.24, 2.45) is 17.8 Å². The molecule has 1 aliphatic rings. The van der Waals surface area contributed by atoms with Crippen molar-refractivity contribution < 1.29 is 19.4 Å². The first-order chi connectivity index (χ1) is 12.7. The SMILES string of the molecule is CCC(C)CC(=O)NC(CC(O)C1=CCC(C)C(C(=O)OC)=CS1)C(C)C. The topological polar surface area (TPSA) is 75.6 Å². The normalized spacial score (nSPS) is 20.8. The van der Waals surface area contributed by atoms with Crippen molar-refractivity contribution in [3.05, 3.63) is 22.0 Å². The predicted octanol–water partition coefficient (Wildman–Crippen LogP) is 4.03. The zero-order valence-electron chi connectivity index (χ0n) is 17.5.